The van der Waals surface area contributed by atoms with E-state index < -0.39 is 12.2 Å². The van der Waals surface area contributed by atoms with Gasteiger partial charge in [0.05, 0.1) is 12.2 Å². The molecule has 1 fully saturated rings. The maximum atomic E-state index is 10.9. The molecule has 1 spiro atoms. The Hall–Kier alpha value is -2.40. The summed E-state index contributed by atoms with van der Waals surface area (Å²) in [7, 11) is 0. The summed E-state index contributed by atoms with van der Waals surface area (Å²) in [5, 5.41) is 24.1. The van der Waals surface area contributed by atoms with Gasteiger partial charge in [-0.2, -0.15) is 0 Å². The van der Waals surface area contributed by atoms with E-state index >= 15 is 0 Å². The van der Waals surface area contributed by atoms with Crippen molar-refractivity contribution in [3.63, 3.8) is 0 Å². The number of aliphatic hydroxyl groups excluding tert-OH is 2. The number of hydrogen-bond donors (Lipinski definition) is 2. The van der Waals surface area contributed by atoms with Crippen molar-refractivity contribution in [1.82, 2.24) is 4.90 Å². The minimum Gasteiger partial charge on any atom is -0.486 e. The molecular formula is C28H31NO3. The van der Waals surface area contributed by atoms with Crippen LogP contribution in [-0.2, 0) is 12.8 Å². The molecule has 0 radical (unpaired) electrons. The number of rotatable bonds is 3. The van der Waals surface area contributed by atoms with Gasteiger partial charge in [0.15, 0.2) is 0 Å². The fourth-order valence-electron chi connectivity index (χ4n) is 5.95. The van der Waals surface area contributed by atoms with Gasteiger partial charge in [-0.05, 0) is 54.2 Å². The van der Waals surface area contributed by atoms with Gasteiger partial charge in [0.1, 0.15) is 11.4 Å². The molecule has 2 atom stereocenters. The van der Waals surface area contributed by atoms with Crippen molar-refractivity contribution in [3.8, 4) is 5.75 Å². The number of benzene rings is 3. The number of β-amino-alcohol motifs (C(OH)–C–C–N with tert-alkyl or cyclic N) is 1. The molecule has 4 nitrogen and oxygen atoms in total. The number of aryl methyl sites for hydroxylation is 2. The molecule has 3 aromatic rings. The molecule has 0 amide bonds. The van der Waals surface area contributed by atoms with E-state index in [1.165, 1.54) is 24.0 Å². The lowest BCUT2D eigenvalue weighted by molar-refractivity contribution is -0.0577. The first kappa shape index (κ1) is 20.2. The monoisotopic (exact) mass is 429 g/mol. The molecule has 0 saturated carbocycles. The van der Waals surface area contributed by atoms with Crippen LogP contribution in [0.5, 0.6) is 5.75 Å². The standard InChI is InChI=1S/C28H31NO3/c30-25-17-28(32-27-23-7-2-1-4-20(23)10-11-24(25)27)12-14-29(15-13-28)18-26(31)22-9-8-19-5-3-6-21(19)16-22/h1-2,4,7-11,16,25-26,30-31H,3,5-6,12-15,17-18H2/t25-,26+/m1/s1. The average molecular weight is 430 g/mol. The Balaban J connectivity index is 1.16. The first-order chi connectivity index (χ1) is 15.6. The number of hydrogen-bond acceptors (Lipinski definition) is 4. The number of ether oxygens (including phenoxy) is 1. The summed E-state index contributed by atoms with van der Waals surface area (Å²) in [5.74, 6) is 0.855. The fourth-order valence-corrected chi connectivity index (χ4v) is 5.95. The fraction of sp³-hybridized carbons (Fsp3) is 0.429. The number of fused-ring (bicyclic) bond motifs is 4. The van der Waals surface area contributed by atoms with E-state index in [0.717, 1.165) is 60.0 Å². The molecule has 1 saturated heterocycles. The van der Waals surface area contributed by atoms with E-state index in [0.29, 0.717) is 13.0 Å². The van der Waals surface area contributed by atoms with Crippen LogP contribution in [0, 0.1) is 0 Å². The first-order valence-corrected chi connectivity index (χ1v) is 12.0. The summed E-state index contributed by atoms with van der Waals surface area (Å²) in [6.45, 7) is 2.39. The lowest BCUT2D eigenvalue weighted by atomic mass is 9.81. The SMILES string of the molecule is O[C@@H]1CC2(CCN(C[C@H](O)c3ccc4c(c3)CCC4)CC2)Oc2c1ccc1ccccc21. The van der Waals surface area contributed by atoms with E-state index in [1.54, 1.807) is 0 Å². The third-order valence-corrected chi connectivity index (χ3v) is 7.86. The molecule has 0 bridgehead atoms. The lowest BCUT2D eigenvalue weighted by Gasteiger charge is -2.46. The van der Waals surface area contributed by atoms with Crippen molar-refractivity contribution >= 4 is 10.8 Å². The minimum absolute atomic E-state index is 0.328. The zero-order valence-corrected chi connectivity index (χ0v) is 18.5. The summed E-state index contributed by atoms with van der Waals surface area (Å²) in [5.41, 5.74) is 4.47. The molecule has 2 heterocycles. The van der Waals surface area contributed by atoms with Gasteiger partial charge in [0.2, 0.25) is 0 Å². The van der Waals surface area contributed by atoms with E-state index in [4.69, 9.17) is 4.74 Å². The van der Waals surface area contributed by atoms with Crippen molar-refractivity contribution in [3.05, 3.63) is 76.9 Å². The van der Waals surface area contributed by atoms with Crippen LogP contribution in [0.15, 0.2) is 54.6 Å². The Labute approximate surface area is 189 Å². The molecule has 6 rings (SSSR count). The van der Waals surface area contributed by atoms with Crippen molar-refractivity contribution in [2.45, 2.75) is 56.3 Å². The smallest absolute Gasteiger partial charge is 0.133 e. The first-order valence-electron chi connectivity index (χ1n) is 12.0. The van der Waals surface area contributed by atoms with Crippen molar-refractivity contribution in [1.29, 1.82) is 0 Å². The average Bonchev–Trinajstić information content (AvgIpc) is 3.29. The zero-order valence-electron chi connectivity index (χ0n) is 18.5. The van der Waals surface area contributed by atoms with Crippen molar-refractivity contribution in [2.75, 3.05) is 19.6 Å². The summed E-state index contributed by atoms with van der Waals surface area (Å²) >= 11 is 0. The summed E-state index contributed by atoms with van der Waals surface area (Å²) in [6.07, 6.45) is 4.95. The van der Waals surface area contributed by atoms with Crippen LogP contribution in [0.4, 0.5) is 0 Å². The summed E-state index contributed by atoms with van der Waals surface area (Å²) in [4.78, 5) is 2.34. The third-order valence-electron chi connectivity index (χ3n) is 7.86. The highest BCUT2D eigenvalue weighted by Crippen LogP contribution is 2.47. The molecule has 1 aliphatic carbocycles. The van der Waals surface area contributed by atoms with Crippen LogP contribution in [-0.4, -0.2) is 40.3 Å². The molecule has 32 heavy (non-hydrogen) atoms. The molecule has 166 valence electrons. The number of piperidine rings is 1. The zero-order chi connectivity index (χ0) is 21.7. The van der Waals surface area contributed by atoms with Gasteiger partial charge in [-0.1, -0.05) is 54.6 Å². The Morgan fingerprint density at radius 3 is 2.69 bits per heavy atom. The van der Waals surface area contributed by atoms with Gasteiger partial charge >= 0.3 is 0 Å². The van der Waals surface area contributed by atoms with E-state index in [2.05, 4.69) is 41.3 Å². The summed E-state index contributed by atoms with van der Waals surface area (Å²) in [6, 6.07) is 18.8. The van der Waals surface area contributed by atoms with Crippen LogP contribution >= 0.6 is 0 Å². The van der Waals surface area contributed by atoms with Crippen LogP contribution in [0.3, 0.4) is 0 Å². The van der Waals surface area contributed by atoms with Gasteiger partial charge in [-0.25, -0.2) is 0 Å². The lowest BCUT2D eigenvalue weighted by Crippen LogP contribution is -2.51. The predicted molar refractivity (Wildman–Crippen MR) is 126 cm³/mol. The minimum atomic E-state index is -0.494. The second kappa shape index (κ2) is 7.87. The highest BCUT2D eigenvalue weighted by molar-refractivity contribution is 5.90. The second-order valence-corrected chi connectivity index (χ2v) is 9.91. The molecule has 2 N–H and O–H groups in total. The Bertz CT molecular complexity index is 1150. The largest absolute Gasteiger partial charge is 0.486 e. The normalized spacial score (nSPS) is 23.0. The Kier molecular flexibility index (Phi) is 4.98. The Morgan fingerprint density at radius 1 is 1.00 bits per heavy atom. The predicted octanol–water partition coefficient (Wildman–Crippen LogP) is 4.71. The molecule has 4 heteroatoms. The topological polar surface area (TPSA) is 52.9 Å². The summed E-state index contributed by atoms with van der Waals surface area (Å²) < 4.78 is 6.68. The highest BCUT2D eigenvalue weighted by Gasteiger charge is 2.43. The maximum absolute atomic E-state index is 10.9. The van der Waals surface area contributed by atoms with Gasteiger partial charge < -0.3 is 19.8 Å². The van der Waals surface area contributed by atoms with Gasteiger partial charge in [-0.3, -0.25) is 0 Å². The Morgan fingerprint density at radius 2 is 1.81 bits per heavy atom. The van der Waals surface area contributed by atoms with Crippen LogP contribution < -0.4 is 4.74 Å². The highest BCUT2D eigenvalue weighted by atomic mass is 16.5. The molecular weight excluding hydrogens is 398 g/mol. The molecule has 3 aromatic carbocycles. The van der Waals surface area contributed by atoms with Crippen molar-refractivity contribution < 1.29 is 14.9 Å². The number of aliphatic hydroxyl groups is 2. The quantitative estimate of drug-likeness (QED) is 0.633. The second-order valence-electron chi connectivity index (χ2n) is 9.91. The van der Waals surface area contributed by atoms with Crippen LogP contribution in [0.1, 0.15) is 60.1 Å². The van der Waals surface area contributed by atoms with Crippen molar-refractivity contribution in [2.24, 2.45) is 0 Å². The van der Waals surface area contributed by atoms with Crippen LogP contribution in [0.2, 0.25) is 0 Å². The van der Waals surface area contributed by atoms with Gasteiger partial charge in [0, 0.05) is 37.0 Å². The molecule has 0 aromatic heterocycles. The van der Waals surface area contributed by atoms with E-state index in [9.17, 15) is 10.2 Å². The number of nitrogens with zero attached hydrogens (tertiary/aromatic N) is 1. The van der Waals surface area contributed by atoms with Gasteiger partial charge in [0.25, 0.3) is 0 Å². The third kappa shape index (κ3) is 3.51. The molecule has 0 unspecified atom stereocenters. The number of likely N-dealkylation sites (tertiary alicyclic amines) is 1. The molecule has 3 aliphatic rings. The van der Waals surface area contributed by atoms with Gasteiger partial charge in [-0.15, -0.1) is 0 Å². The molecule has 2 aliphatic heterocycles. The van der Waals surface area contributed by atoms with E-state index in [1.807, 2.05) is 18.2 Å². The van der Waals surface area contributed by atoms with Crippen LogP contribution in [0.25, 0.3) is 10.8 Å². The van der Waals surface area contributed by atoms with E-state index in [-0.39, 0.29) is 5.60 Å². The maximum Gasteiger partial charge on any atom is 0.133 e.